The number of fused-ring (bicyclic) bond motifs is 1. The summed E-state index contributed by atoms with van der Waals surface area (Å²) in [6.45, 7) is 4.06. The molecule has 1 aromatic carbocycles. The van der Waals surface area contributed by atoms with E-state index in [1.807, 2.05) is 5.51 Å². The molecule has 3 heteroatoms. The molecule has 0 unspecified atom stereocenters. The number of hydrogen-bond donors (Lipinski definition) is 1. The first-order valence-electron chi connectivity index (χ1n) is 4.43. The summed E-state index contributed by atoms with van der Waals surface area (Å²) in [6, 6.07) is 6.44. The lowest BCUT2D eigenvalue weighted by Gasteiger charge is -2.00. The van der Waals surface area contributed by atoms with Crippen LogP contribution in [0.4, 0.5) is 0 Å². The molecule has 0 atom stereocenters. The lowest BCUT2D eigenvalue weighted by Crippen LogP contribution is -2.11. The van der Waals surface area contributed by atoms with Gasteiger partial charge in [-0.25, -0.2) is 4.98 Å². The molecule has 0 saturated carbocycles. The third kappa shape index (κ3) is 1.87. The predicted octanol–water partition coefficient (Wildman–Crippen LogP) is 2.41. The average molecular weight is 192 g/mol. The van der Waals surface area contributed by atoms with Gasteiger partial charge in [0, 0.05) is 6.54 Å². The van der Waals surface area contributed by atoms with Gasteiger partial charge in [-0.3, -0.25) is 0 Å². The van der Waals surface area contributed by atoms with Crippen LogP contribution in [0.2, 0.25) is 0 Å². The number of aromatic nitrogens is 1. The van der Waals surface area contributed by atoms with Crippen molar-refractivity contribution in [3.05, 3.63) is 29.3 Å². The highest BCUT2D eigenvalue weighted by Crippen LogP contribution is 2.18. The third-order valence-electron chi connectivity index (χ3n) is 1.97. The summed E-state index contributed by atoms with van der Waals surface area (Å²) in [5, 5.41) is 3.30. The molecule has 1 N–H and O–H groups in total. The van der Waals surface area contributed by atoms with Crippen molar-refractivity contribution in [3.8, 4) is 0 Å². The van der Waals surface area contributed by atoms with Gasteiger partial charge in [-0.1, -0.05) is 13.0 Å². The third-order valence-corrected chi connectivity index (χ3v) is 2.78. The minimum atomic E-state index is 0.934. The molecule has 1 aromatic heterocycles. The summed E-state index contributed by atoms with van der Waals surface area (Å²) in [7, 11) is 0. The molecule has 0 fully saturated rings. The average Bonchev–Trinajstić information content (AvgIpc) is 2.61. The smallest absolute Gasteiger partial charge is 0.0815 e. The normalized spacial score (nSPS) is 10.8. The van der Waals surface area contributed by atoms with Gasteiger partial charge < -0.3 is 5.32 Å². The molecule has 13 heavy (non-hydrogen) atoms. The van der Waals surface area contributed by atoms with Crippen molar-refractivity contribution in [1.29, 1.82) is 0 Å². The van der Waals surface area contributed by atoms with E-state index in [1.165, 1.54) is 10.3 Å². The van der Waals surface area contributed by atoms with Crippen molar-refractivity contribution in [1.82, 2.24) is 10.3 Å². The van der Waals surface area contributed by atoms with Crippen molar-refractivity contribution in [2.75, 3.05) is 6.54 Å². The van der Waals surface area contributed by atoms with E-state index in [0.29, 0.717) is 0 Å². The topological polar surface area (TPSA) is 24.9 Å². The highest BCUT2D eigenvalue weighted by molar-refractivity contribution is 7.16. The number of thiazole rings is 1. The first kappa shape index (κ1) is 8.66. The lowest BCUT2D eigenvalue weighted by atomic mass is 10.2. The minimum absolute atomic E-state index is 0.934. The van der Waals surface area contributed by atoms with Crippen molar-refractivity contribution < 1.29 is 0 Å². The van der Waals surface area contributed by atoms with E-state index in [2.05, 4.69) is 35.4 Å². The van der Waals surface area contributed by atoms with Gasteiger partial charge in [-0.15, -0.1) is 11.3 Å². The molecule has 0 saturated heterocycles. The van der Waals surface area contributed by atoms with Gasteiger partial charge in [0.15, 0.2) is 0 Å². The van der Waals surface area contributed by atoms with E-state index >= 15 is 0 Å². The first-order valence-corrected chi connectivity index (χ1v) is 5.31. The van der Waals surface area contributed by atoms with Crippen LogP contribution in [-0.2, 0) is 6.54 Å². The SMILES string of the molecule is CCNCc1ccc2scnc2c1. The van der Waals surface area contributed by atoms with E-state index in [9.17, 15) is 0 Å². The number of nitrogens with zero attached hydrogens (tertiary/aromatic N) is 1. The highest BCUT2D eigenvalue weighted by atomic mass is 32.1. The number of nitrogens with one attached hydrogen (secondary N) is 1. The van der Waals surface area contributed by atoms with E-state index in [1.54, 1.807) is 11.3 Å². The molecule has 0 radical (unpaired) electrons. The summed E-state index contributed by atoms with van der Waals surface area (Å²) in [6.07, 6.45) is 0. The number of hydrogen-bond acceptors (Lipinski definition) is 3. The van der Waals surface area contributed by atoms with Gasteiger partial charge in [0.2, 0.25) is 0 Å². The molecule has 0 spiro atoms. The first-order chi connectivity index (χ1) is 6.40. The fraction of sp³-hybridized carbons (Fsp3) is 0.300. The molecule has 0 aliphatic heterocycles. The largest absolute Gasteiger partial charge is 0.313 e. The molecule has 68 valence electrons. The van der Waals surface area contributed by atoms with Gasteiger partial charge in [-0.2, -0.15) is 0 Å². The standard InChI is InChI=1S/C10H12N2S/c1-2-11-6-8-3-4-10-9(5-8)12-7-13-10/h3-5,7,11H,2,6H2,1H3. The fourth-order valence-electron chi connectivity index (χ4n) is 1.28. The zero-order valence-electron chi connectivity index (χ0n) is 7.58. The molecule has 0 bridgehead atoms. The number of rotatable bonds is 3. The Balaban J connectivity index is 2.26. The van der Waals surface area contributed by atoms with Crippen molar-refractivity contribution in [3.63, 3.8) is 0 Å². The molecule has 2 aromatic rings. The molecule has 1 heterocycles. The van der Waals surface area contributed by atoms with Crippen LogP contribution >= 0.6 is 11.3 Å². The van der Waals surface area contributed by atoms with Crippen LogP contribution in [0.5, 0.6) is 0 Å². The zero-order chi connectivity index (χ0) is 9.10. The Kier molecular flexibility index (Phi) is 2.57. The predicted molar refractivity (Wildman–Crippen MR) is 57.0 cm³/mol. The summed E-state index contributed by atoms with van der Waals surface area (Å²) < 4.78 is 1.26. The Hall–Kier alpha value is -0.930. The van der Waals surface area contributed by atoms with Gasteiger partial charge in [0.05, 0.1) is 15.7 Å². The van der Waals surface area contributed by atoms with Crippen LogP contribution in [0.1, 0.15) is 12.5 Å². The summed E-state index contributed by atoms with van der Waals surface area (Å²) in [5.74, 6) is 0. The van der Waals surface area contributed by atoms with Crippen LogP contribution in [-0.4, -0.2) is 11.5 Å². The number of benzene rings is 1. The zero-order valence-corrected chi connectivity index (χ0v) is 8.40. The van der Waals surface area contributed by atoms with Crippen LogP contribution < -0.4 is 5.32 Å². The second-order valence-electron chi connectivity index (χ2n) is 2.93. The van der Waals surface area contributed by atoms with Crippen LogP contribution in [0.3, 0.4) is 0 Å². The quantitative estimate of drug-likeness (QED) is 0.807. The Bertz CT molecular complexity index is 394. The monoisotopic (exact) mass is 192 g/mol. The minimum Gasteiger partial charge on any atom is -0.313 e. The maximum atomic E-state index is 4.28. The van der Waals surface area contributed by atoms with Crippen LogP contribution in [0, 0.1) is 0 Å². The second kappa shape index (κ2) is 3.85. The Morgan fingerprint density at radius 3 is 3.23 bits per heavy atom. The molecule has 0 aliphatic carbocycles. The highest BCUT2D eigenvalue weighted by Gasteiger charge is 1.97. The van der Waals surface area contributed by atoms with Crippen molar-refractivity contribution >= 4 is 21.6 Å². The lowest BCUT2D eigenvalue weighted by molar-refractivity contribution is 0.727. The van der Waals surface area contributed by atoms with E-state index < -0.39 is 0 Å². The van der Waals surface area contributed by atoms with Gasteiger partial charge in [-0.05, 0) is 24.2 Å². The summed E-state index contributed by atoms with van der Waals surface area (Å²) in [4.78, 5) is 4.28. The Labute approximate surface area is 81.6 Å². The van der Waals surface area contributed by atoms with Gasteiger partial charge in [0.25, 0.3) is 0 Å². The molecule has 2 rings (SSSR count). The maximum absolute atomic E-state index is 4.28. The van der Waals surface area contributed by atoms with E-state index in [0.717, 1.165) is 18.6 Å². The van der Waals surface area contributed by atoms with Gasteiger partial charge >= 0.3 is 0 Å². The molecular weight excluding hydrogens is 180 g/mol. The summed E-state index contributed by atoms with van der Waals surface area (Å²) in [5.41, 5.74) is 4.31. The second-order valence-corrected chi connectivity index (χ2v) is 3.82. The van der Waals surface area contributed by atoms with Crippen LogP contribution in [0.15, 0.2) is 23.7 Å². The fourth-order valence-corrected chi connectivity index (χ4v) is 1.94. The van der Waals surface area contributed by atoms with E-state index in [4.69, 9.17) is 0 Å². The van der Waals surface area contributed by atoms with Crippen molar-refractivity contribution in [2.45, 2.75) is 13.5 Å². The molecule has 0 amide bonds. The summed E-state index contributed by atoms with van der Waals surface area (Å²) >= 11 is 1.69. The van der Waals surface area contributed by atoms with E-state index in [-0.39, 0.29) is 0 Å². The Morgan fingerprint density at radius 2 is 2.38 bits per heavy atom. The van der Waals surface area contributed by atoms with Gasteiger partial charge in [0.1, 0.15) is 0 Å². The van der Waals surface area contributed by atoms with Crippen LogP contribution in [0.25, 0.3) is 10.2 Å². The molecule has 0 aliphatic rings. The maximum Gasteiger partial charge on any atom is 0.0815 e. The van der Waals surface area contributed by atoms with Crippen molar-refractivity contribution in [2.24, 2.45) is 0 Å². The molecule has 2 nitrogen and oxygen atoms in total. The molecular formula is C10H12N2S. The Morgan fingerprint density at radius 1 is 1.46 bits per heavy atom.